The zero-order chi connectivity index (χ0) is 21.7. The molecule has 160 valence electrons. The van der Waals surface area contributed by atoms with Crippen LogP contribution in [-0.4, -0.2) is 50.0 Å². The summed E-state index contributed by atoms with van der Waals surface area (Å²) in [6.07, 6.45) is 3.49. The summed E-state index contributed by atoms with van der Waals surface area (Å²) in [6, 6.07) is 8.17. The van der Waals surface area contributed by atoms with Gasteiger partial charge < -0.3 is 10.2 Å². The fourth-order valence-electron chi connectivity index (χ4n) is 3.31. The Kier molecular flexibility index (Phi) is 7.29. The van der Waals surface area contributed by atoms with Crippen LogP contribution >= 0.6 is 11.6 Å². The highest BCUT2D eigenvalue weighted by Gasteiger charge is 2.21. The van der Waals surface area contributed by atoms with Crippen LogP contribution in [0.1, 0.15) is 41.0 Å². The van der Waals surface area contributed by atoms with Crippen molar-refractivity contribution in [3.63, 3.8) is 0 Å². The minimum atomic E-state index is -0.282. The Bertz CT molecular complexity index is 988. The second-order valence-corrected chi connectivity index (χ2v) is 7.73. The molecule has 1 amide bonds. The first-order valence-electron chi connectivity index (χ1n) is 10.3. The van der Waals surface area contributed by atoms with Crippen molar-refractivity contribution in [1.82, 2.24) is 24.5 Å². The van der Waals surface area contributed by atoms with Crippen molar-refractivity contribution in [2.24, 2.45) is 0 Å². The lowest BCUT2D eigenvalue weighted by molar-refractivity contribution is 0.102. The Morgan fingerprint density at radius 2 is 1.87 bits per heavy atom. The molecule has 0 unspecified atom stereocenters. The van der Waals surface area contributed by atoms with Crippen molar-refractivity contribution in [3.8, 4) is 0 Å². The van der Waals surface area contributed by atoms with E-state index < -0.39 is 0 Å². The van der Waals surface area contributed by atoms with Gasteiger partial charge in [0.25, 0.3) is 5.91 Å². The number of halogens is 1. The van der Waals surface area contributed by atoms with E-state index in [0.717, 1.165) is 31.7 Å². The highest BCUT2D eigenvalue weighted by atomic mass is 35.5. The summed E-state index contributed by atoms with van der Waals surface area (Å²) in [7, 11) is 0. The molecule has 30 heavy (non-hydrogen) atoms. The van der Waals surface area contributed by atoms with Crippen molar-refractivity contribution in [3.05, 3.63) is 64.2 Å². The van der Waals surface area contributed by atoms with Gasteiger partial charge in [-0.25, -0.2) is 4.68 Å². The summed E-state index contributed by atoms with van der Waals surface area (Å²) in [4.78, 5) is 15.2. The highest BCUT2D eigenvalue weighted by molar-refractivity contribution is 6.33. The summed E-state index contributed by atoms with van der Waals surface area (Å²) in [5.41, 5.74) is 3.89. The molecule has 0 saturated heterocycles. The molecule has 0 fully saturated rings. The molecule has 1 N–H and O–H groups in total. The lowest BCUT2D eigenvalue weighted by Crippen LogP contribution is -2.27. The number of rotatable bonds is 9. The first kappa shape index (κ1) is 22.1. The van der Waals surface area contributed by atoms with Crippen molar-refractivity contribution >= 4 is 23.2 Å². The van der Waals surface area contributed by atoms with Gasteiger partial charge in [0, 0.05) is 12.7 Å². The molecule has 0 atom stereocenters. The zero-order valence-electron chi connectivity index (χ0n) is 18.0. The molecular weight excluding hydrogens is 400 g/mol. The molecule has 7 nitrogen and oxygen atoms in total. The number of benzene rings is 1. The third kappa shape index (κ3) is 5.29. The normalized spacial score (nSPS) is 11.3. The number of nitrogens with zero attached hydrogens (tertiary/aromatic N) is 5. The average molecular weight is 429 g/mol. The van der Waals surface area contributed by atoms with Crippen LogP contribution in [0, 0.1) is 13.8 Å². The number of carbonyl (C=O) groups is 1. The van der Waals surface area contributed by atoms with Crippen LogP contribution in [0.3, 0.4) is 0 Å². The third-order valence-electron chi connectivity index (χ3n) is 5.18. The van der Waals surface area contributed by atoms with Gasteiger partial charge in [-0.3, -0.25) is 9.48 Å². The third-order valence-corrected chi connectivity index (χ3v) is 5.56. The van der Waals surface area contributed by atoms with Crippen LogP contribution < -0.4 is 5.32 Å². The number of anilines is 1. The maximum Gasteiger partial charge on any atom is 0.260 e. The molecule has 0 radical (unpaired) electrons. The van der Waals surface area contributed by atoms with Crippen LogP contribution in [0.2, 0.25) is 5.15 Å². The number of likely N-dealkylation sites (N-methyl/N-ethyl adjacent to an activating group) is 1. The number of nitrogens with one attached hydrogen (secondary N) is 1. The Morgan fingerprint density at radius 1 is 1.17 bits per heavy atom. The monoisotopic (exact) mass is 428 g/mol. The molecule has 0 aliphatic heterocycles. The van der Waals surface area contributed by atoms with Crippen LogP contribution in [0.4, 0.5) is 5.69 Å². The molecule has 0 bridgehead atoms. The van der Waals surface area contributed by atoms with E-state index in [1.54, 1.807) is 17.8 Å². The number of aryl methyl sites for hydroxylation is 2. The van der Waals surface area contributed by atoms with E-state index in [2.05, 4.69) is 34.3 Å². The van der Waals surface area contributed by atoms with Crippen molar-refractivity contribution < 1.29 is 4.79 Å². The van der Waals surface area contributed by atoms with Gasteiger partial charge in [-0.2, -0.15) is 10.2 Å². The largest absolute Gasteiger partial charge is 0.319 e. The number of aromatic nitrogens is 4. The Morgan fingerprint density at radius 3 is 2.53 bits per heavy atom. The van der Waals surface area contributed by atoms with E-state index in [1.165, 1.54) is 5.56 Å². The van der Waals surface area contributed by atoms with E-state index in [0.29, 0.717) is 28.6 Å². The molecule has 3 rings (SSSR count). The maximum atomic E-state index is 12.8. The van der Waals surface area contributed by atoms with Crippen molar-refractivity contribution in [2.45, 2.75) is 40.8 Å². The first-order valence-corrected chi connectivity index (χ1v) is 10.6. The topological polar surface area (TPSA) is 68.0 Å². The average Bonchev–Trinajstić information content (AvgIpc) is 3.28. The molecule has 2 aromatic heterocycles. The molecule has 0 aliphatic carbocycles. The quantitative estimate of drug-likeness (QED) is 0.559. The van der Waals surface area contributed by atoms with Gasteiger partial charge in [0.1, 0.15) is 5.15 Å². The van der Waals surface area contributed by atoms with E-state index >= 15 is 0 Å². The van der Waals surface area contributed by atoms with Crippen LogP contribution in [0.5, 0.6) is 0 Å². The molecular formula is C22H29ClN6O. The van der Waals surface area contributed by atoms with Crippen molar-refractivity contribution in [2.75, 3.05) is 25.0 Å². The number of carbonyl (C=O) groups excluding carboxylic acids is 1. The molecule has 0 spiro atoms. The maximum absolute atomic E-state index is 12.8. The van der Waals surface area contributed by atoms with E-state index in [1.807, 2.05) is 42.1 Å². The number of hydrogen-bond acceptors (Lipinski definition) is 4. The van der Waals surface area contributed by atoms with Crippen LogP contribution in [0.25, 0.3) is 0 Å². The van der Waals surface area contributed by atoms with Crippen molar-refractivity contribution in [1.29, 1.82) is 0 Å². The van der Waals surface area contributed by atoms with Gasteiger partial charge in [-0.15, -0.1) is 0 Å². The summed E-state index contributed by atoms with van der Waals surface area (Å²) < 4.78 is 3.49. The van der Waals surface area contributed by atoms with Gasteiger partial charge in [-0.1, -0.05) is 55.3 Å². The number of hydrogen-bond donors (Lipinski definition) is 1. The summed E-state index contributed by atoms with van der Waals surface area (Å²) in [5.74, 6) is -0.282. The standard InChI is InChI=1S/C22H29ClN6O/c1-5-27(6-2)11-12-28-15-19(13-24-28)25-22(30)20-17(4)26-29(21(20)23)14-18-9-7-16(3)8-10-18/h7-10,13,15H,5-6,11-12,14H2,1-4H3,(H,25,30). The van der Waals surface area contributed by atoms with Gasteiger partial charge in [0.15, 0.2) is 0 Å². The van der Waals surface area contributed by atoms with E-state index in [4.69, 9.17) is 11.6 Å². The lowest BCUT2D eigenvalue weighted by Gasteiger charge is -2.17. The number of amides is 1. The summed E-state index contributed by atoms with van der Waals surface area (Å²) >= 11 is 6.51. The molecule has 1 aromatic carbocycles. The second kappa shape index (κ2) is 9.91. The molecule has 2 heterocycles. The van der Waals surface area contributed by atoms with E-state index in [-0.39, 0.29) is 5.91 Å². The minimum Gasteiger partial charge on any atom is -0.319 e. The van der Waals surface area contributed by atoms with Gasteiger partial charge in [0.2, 0.25) is 0 Å². The molecule has 0 saturated carbocycles. The predicted octanol–water partition coefficient (Wildman–Crippen LogP) is 3.99. The first-order chi connectivity index (χ1) is 14.4. The minimum absolute atomic E-state index is 0.282. The predicted molar refractivity (Wildman–Crippen MR) is 120 cm³/mol. The molecule has 3 aromatic rings. The fourth-order valence-corrected chi connectivity index (χ4v) is 3.63. The second-order valence-electron chi connectivity index (χ2n) is 7.37. The van der Waals surface area contributed by atoms with Crippen LogP contribution in [-0.2, 0) is 13.1 Å². The van der Waals surface area contributed by atoms with E-state index in [9.17, 15) is 4.79 Å². The van der Waals surface area contributed by atoms with Gasteiger partial charge in [-0.05, 0) is 32.5 Å². The smallest absolute Gasteiger partial charge is 0.260 e. The van der Waals surface area contributed by atoms with Gasteiger partial charge in [0.05, 0.1) is 36.2 Å². The van der Waals surface area contributed by atoms with Gasteiger partial charge >= 0.3 is 0 Å². The lowest BCUT2D eigenvalue weighted by atomic mass is 10.1. The Hall–Kier alpha value is -2.64. The Labute approximate surface area is 182 Å². The summed E-state index contributed by atoms with van der Waals surface area (Å²) in [5, 5.41) is 12.0. The molecule has 8 heteroatoms. The zero-order valence-corrected chi connectivity index (χ0v) is 18.8. The summed E-state index contributed by atoms with van der Waals surface area (Å²) in [6.45, 7) is 12.3. The fraction of sp³-hybridized carbons (Fsp3) is 0.409. The highest BCUT2D eigenvalue weighted by Crippen LogP contribution is 2.22. The SMILES string of the molecule is CCN(CC)CCn1cc(NC(=O)c2c(C)nn(Cc3ccc(C)cc3)c2Cl)cn1. The molecule has 0 aliphatic rings. The Balaban J connectivity index is 1.67. The van der Waals surface area contributed by atoms with Crippen LogP contribution in [0.15, 0.2) is 36.7 Å².